The van der Waals surface area contributed by atoms with Gasteiger partial charge in [0.2, 0.25) is 0 Å². The average molecular weight is 384 g/mol. The number of pyridine rings is 1. The highest BCUT2D eigenvalue weighted by Gasteiger charge is 2.27. The Bertz CT molecular complexity index is 842. The van der Waals surface area contributed by atoms with Gasteiger partial charge in [0.1, 0.15) is 5.69 Å². The molecule has 2 aromatic heterocycles. The van der Waals surface area contributed by atoms with Crippen LogP contribution < -0.4 is 5.32 Å². The maximum atomic E-state index is 12.8. The van der Waals surface area contributed by atoms with Crippen LogP contribution in [0.5, 0.6) is 0 Å². The van der Waals surface area contributed by atoms with Crippen LogP contribution in [0.4, 0.5) is 0 Å². The van der Waals surface area contributed by atoms with Crippen molar-refractivity contribution < 1.29 is 18.8 Å². The average Bonchev–Trinajstić information content (AvgIpc) is 3.27. The summed E-state index contributed by atoms with van der Waals surface area (Å²) in [6.07, 6.45) is 3.74. The minimum absolute atomic E-state index is 0.0356. The molecule has 28 heavy (non-hydrogen) atoms. The van der Waals surface area contributed by atoms with Crippen LogP contribution in [0.25, 0.3) is 0 Å². The quantitative estimate of drug-likeness (QED) is 0.848. The van der Waals surface area contributed by atoms with Crippen molar-refractivity contribution in [3.63, 3.8) is 0 Å². The van der Waals surface area contributed by atoms with E-state index in [-0.39, 0.29) is 29.5 Å². The van der Waals surface area contributed by atoms with Gasteiger partial charge >= 0.3 is 0 Å². The second kappa shape index (κ2) is 8.69. The first-order chi connectivity index (χ1) is 13.5. The molecule has 3 amide bonds. The molecule has 0 bridgehead atoms. The Balaban J connectivity index is 1.61. The Hall–Kier alpha value is -3.16. The van der Waals surface area contributed by atoms with Gasteiger partial charge in [0.05, 0.1) is 6.26 Å². The van der Waals surface area contributed by atoms with Crippen molar-refractivity contribution in [3.05, 3.63) is 53.7 Å². The van der Waals surface area contributed by atoms with E-state index >= 15 is 0 Å². The van der Waals surface area contributed by atoms with E-state index in [0.717, 1.165) is 6.42 Å². The molecule has 1 unspecified atom stereocenters. The Kier molecular flexibility index (Phi) is 6.08. The fraction of sp³-hybridized carbons (Fsp3) is 0.400. The minimum atomic E-state index is -0.294. The van der Waals surface area contributed by atoms with Crippen molar-refractivity contribution in [3.8, 4) is 0 Å². The number of rotatable bonds is 5. The second-order valence-electron chi connectivity index (χ2n) is 6.77. The number of hydrogen-bond acceptors (Lipinski definition) is 5. The first-order valence-corrected chi connectivity index (χ1v) is 9.38. The van der Waals surface area contributed by atoms with Gasteiger partial charge in [-0.3, -0.25) is 19.4 Å². The number of nitrogens with one attached hydrogen (secondary N) is 1. The summed E-state index contributed by atoms with van der Waals surface area (Å²) < 4.78 is 5.15. The van der Waals surface area contributed by atoms with Crippen LogP contribution in [-0.2, 0) is 0 Å². The number of nitrogens with zero attached hydrogens (tertiary/aromatic N) is 3. The summed E-state index contributed by atoms with van der Waals surface area (Å²) in [5, 5.41) is 2.84. The number of furan rings is 1. The molecular weight excluding hydrogens is 360 g/mol. The molecule has 1 aliphatic heterocycles. The van der Waals surface area contributed by atoms with E-state index < -0.39 is 0 Å². The van der Waals surface area contributed by atoms with Crippen molar-refractivity contribution in [2.45, 2.75) is 26.3 Å². The molecule has 0 aliphatic carbocycles. The Labute approximate surface area is 163 Å². The van der Waals surface area contributed by atoms with Crippen molar-refractivity contribution in [2.75, 3.05) is 26.2 Å². The summed E-state index contributed by atoms with van der Waals surface area (Å²) in [5.41, 5.74) is 0.632. The summed E-state index contributed by atoms with van der Waals surface area (Å²) in [7, 11) is 0. The Morgan fingerprint density at radius 2 is 1.82 bits per heavy atom. The van der Waals surface area contributed by atoms with E-state index in [1.807, 2.05) is 13.8 Å². The molecule has 1 aliphatic rings. The van der Waals surface area contributed by atoms with E-state index in [4.69, 9.17) is 4.42 Å². The molecule has 1 atom stereocenters. The molecule has 3 rings (SSSR count). The first-order valence-electron chi connectivity index (χ1n) is 9.38. The van der Waals surface area contributed by atoms with Crippen LogP contribution in [0.3, 0.4) is 0 Å². The Morgan fingerprint density at radius 3 is 2.43 bits per heavy atom. The van der Waals surface area contributed by atoms with Gasteiger partial charge in [0.25, 0.3) is 17.7 Å². The van der Waals surface area contributed by atoms with Crippen LogP contribution in [0.15, 0.2) is 41.1 Å². The lowest BCUT2D eigenvalue weighted by molar-refractivity contribution is 0.0518. The number of carbonyl (C=O) groups is 3. The van der Waals surface area contributed by atoms with E-state index in [1.54, 1.807) is 28.0 Å². The van der Waals surface area contributed by atoms with Crippen molar-refractivity contribution in [2.24, 2.45) is 0 Å². The van der Waals surface area contributed by atoms with Crippen LogP contribution >= 0.6 is 0 Å². The highest BCUT2D eigenvalue weighted by Crippen LogP contribution is 2.13. The first kappa shape index (κ1) is 19.6. The Morgan fingerprint density at radius 1 is 1.14 bits per heavy atom. The lowest BCUT2D eigenvalue weighted by Gasteiger charge is -2.34. The normalized spacial score (nSPS) is 15.2. The van der Waals surface area contributed by atoms with E-state index in [0.29, 0.717) is 37.5 Å². The number of amides is 3. The van der Waals surface area contributed by atoms with Crippen molar-refractivity contribution in [1.29, 1.82) is 0 Å². The molecule has 1 fully saturated rings. The number of aromatic nitrogens is 1. The van der Waals surface area contributed by atoms with Gasteiger partial charge in [-0.1, -0.05) is 6.92 Å². The van der Waals surface area contributed by atoms with Crippen LogP contribution in [-0.4, -0.2) is 64.7 Å². The predicted molar refractivity (Wildman–Crippen MR) is 102 cm³/mol. The van der Waals surface area contributed by atoms with Gasteiger partial charge in [-0.05, 0) is 37.6 Å². The van der Waals surface area contributed by atoms with Gasteiger partial charge in [-0.15, -0.1) is 0 Å². The van der Waals surface area contributed by atoms with Gasteiger partial charge in [0, 0.05) is 44.0 Å². The molecule has 1 saturated heterocycles. The monoisotopic (exact) mass is 384 g/mol. The standard InChI is InChI=1S/C20H24N4O4/c1-3-14(2)22-18(25)16-13-15(6-7-21-16)19(26)23-8-10-24(11-9-23)20(27)17-5-4-12-28-17/h4-7,12-14H,3,8-11H2,1-2H3,(H,22,25). The number of carbonyl (C=O) groups excluding carboxylic acids is 3. The topological polar surface area (TPSA) is 95.8 Å². The number of hydrogen-bond donors (Lipinski definition) is 1. The largest absolute Gasteiger partial charge is 0.459 e. The molecule has 0 radical (unpaired) electrons. The van der Waals surface area contributed by atoms with E-state index in [9.17, 15) is 14.4 Å². The smallest absolute Gasteiger partial charge is 0.289 e. The molecule has 3 heterocycles. The van der Waals surface area contributed by atoms with Gasteiger partial charge in [-0.25, -0.2) is 0 Å². The molecule has 0 saturated carbocycles. The highest BCUT2D eigenvalue weighted by atomic mass is 16.3. The lowest BCUT2D eigenvalue weighted by atomic mass is 10.1. The SMILES string of the molecule is CCC(C)NC(=O)c1cc(C(=O)N2CCN(C(=O)c3ccco3)CC2)ccn1. The fourth-order valence-corrected chi connectivity index (χ4v) is 2.94. The third-order valence-electron chi connectivity index (χ3n) is 4.82. The number of piperazine rings is 1. The second-order valence-corrected chi connectivity index (χ2v) is 6.77. The predicted octanol–water partition coefficient (Wildman–Crippen LogP) is 1.80. The zero-order valence-corrected chi connectivity index (χ0v) is 16.1. The maximum Gasteiger partial charge on any atom is 0.289 e. The van der Waals surface area contributed by atoms with Crippen molar-refractivity contribution >= 4 is 17.7 Å². The van der Waals surface area contributed by atoms with Crippen LogP contribution in [0.2, 0.25) is 0 Å². The van der Waals surface area contributed by atoms with Gasteiger partial charge < -0.3 is 19.5 Å². The zero-order chi connectivity index (χ0) is 20.1. The maximum absolute atomic E-state index is 12.8. The summed E-state index contributed by atoms with van der Waals surface area (Å²) in [5.74, 6) is -0.348. The summed E-state index contributed by atoms with van der Waals surface area (Å²) >= 11 is 0. The van der Waals surface area contributed by atoms with Gasteiger partial charge in [-0.2, -0.15) is 0 Å². The summed E-state index contributed by atoms with van der Waals surface area (Å²) in [6, 6.07) is 6.45. The molecule has 2 aromatic rings. The molecule has 8 heteroatoms. The molecule has 0 aromatic carbocycles. The van der Waals surface area contributed by atoms with E-state index in [2.05, 4.69) is 10.3 Å². The van der Waals surface area contributed by atoms with Crippen LogP contribution in [0.1, 0.15) is 51.7 Å². The molecule has 1 N–H and O–H groups in total. The summed E-state index contributed by atoms with van der Waals surface area (Å²) in [4.78, 5) is 44.8. The van der Waals surface area contributed by atoms with Gasteiger partial charge in [0.15, 0.2) is 5.76 Å². The third kappa shape index (κ3) is 4.39. The lowest BCUT2D eigenvalue weighted by Crippen LogP contribution is -2.50. The molecule has 148 valence electrons. The fourth-order valence-electron chi connectivity index (χ4n) is 2.94. The van der Waals surface area contributed by atoms with E-state index in [1.165, 1.54) is 18.5 Å². The molecule has 8 nitrogen and oxygen atoms in total. The van der Waals surface area contributed by atoms with Crippen molar-refractivity contribution in [1.82, 2.24) is 20.1 Å². The summed E-state index contributed by atoms with van der Waals surface area (Å²) in [6.45, 7) is 5.59. The highest BCUT2D eigenvalue weighted by molar-refractivity contribution is 5.98. The van der Waals surface area contributed by atoms with Crippen LogP contribution in [0, 0.1) is 0 Å². The minimum Gasteiger partial charge on any atom is -0.459 e. The molecule has 0 spiro atoms. The molecular formula is C20H24N4O4. The zero-order valence-electron chi connectivity index (χ0n) is 16.1. The third-order valence-corrected chi connectivity index (χ3v) is 4.82.